The molecule has 10 nitrogen and oxygen atoms in total. The molecule has 2 atom stereocenters. The lowest BCUT2D eigenvalue weighted by Gasteiger charge is -2.35. The number of amides is 1. The fourth-order valence-electron chi connectivity index (χ4n) is 3.45. The lowest BCUT2D eigenvalue weighted by molar-refractivity contribution is -0.00576. The van der Waals surface area contributed by atoms with Crippen LogP contribution in [-0.4, -0.2) is 70.1 Å². The summed E-state index contributed by atoms with van der Waals surface area (Å²) < 4.78 is 26.2. The molecule has 4 rings (SSSR count). The van der Waals surface area contributed by atoms with Gasteiger partial charge in [-0.15, -0.1) is 0 Å². The number of carbonyl (C=O) groups excluding carboxylic acids is 1. The lowest BCUT2D eigenvalue weighted by Crippen LogP contribution is -2.46. The first-order valence-electron chi connectivity index (χ1n) is 10.3. The first kappa shape index (κ1) is 22.8. The summed E-state index contributed by atoms with van der Waals surface area (Å²) in [6.07, 6.45) is 1.53. The molecule has 0 unspecified atom stereocenters. The quantitative estimate of drug-likeness (QED) is 0.596. The van der Waals surface area contributed by atoms with Crippen LogP contribution < -0.4 is 15.4 Å². The van der Waals surface area contributed by atoms with E-state index in [4.69, 9.17) is 15.2 Å². The minimum absolute atomic E-state index is 0.0170. The zero-order valence-electron chi connectivity index (χ0n) is 18.6. The molecule has 2 N–H and O–H groups in total. The summed E-state index contributed by atoms with van der Waals surface area (Å²) in [4.78, 5) is 33.4. The summed E-state index contributed by atoms with van der Waals surface area (Å²) in [5.74, 6) is -0.439. The number of ether oxygens (including phenoxy) is 2. The van der Waals surface area contributed by atoms with Gasteiger partial charge in [0.1, 0.15) is 0 Å². The highest BCUT2D eigenvalue weighted by Crippen LogP contribution is 2.30. The number of benzene rings is 1. The zero-order valence-corrected chi connectivity index (χ0v) is 19.5. The number of halogens is 1. The molecule has 1 aromatic carbocycles. The smallest absolute Gasteiger partial charge is 0.327 e. The Kier molecular flexibility index (Phi) is 6.38. The maximum absolute atomic E-state index is 14.7. The van der Waals surface area contributed by atoms with Crippen molar-refractivity contribution in [3.8, 4) is 22.5 Å². The fraction of sp³-hybridized carbons (Fsp3) is 0.381. The van der Waals surface area contributed by atoms with Crippen LogP contribution in [0.1, 0.15) is 24.2 Å². The topological polar surface area (TPSA) is 120 Å². The Hall–Kier alpha value is -3.38. The van der Waals surface area contributed by atoms with E-state index in [0.29, 0.717) is 34.9 Å². The molecule has 0 aliphatic carbocycles. The highest BCUT2D eigenvalue weighted by molar-refractivity contribution is 7.18. The predicted molar refractivity (Wildman–Crippen MR) is 122 cm³/mol. The van der Waals surface area contributed by atoms with Gasteiger partial charge in [-0.1, -0.05) is 11.3 Å². The maximum atomic E-state index is 14.7. The van der Waals surface area contributed by atoms with Crippen LogP contribution in [0.5, 0.6) is 11.8 Å². The highest BCUT2D eigenvalue weighted by Gasteiger charge is 2.26. The molecule has 3 heterocycles. The molecule has 1 aliphatic heterocycles. The normalized spacial score (nSPS) is 18.3. The van der Waals surface area contributed by atoms with E-state index in [9.17, 15) is 9.18 Å². The molecule has 1 aliphatic rings. The number of thiazole rings is 1. The predicted octanol–water partition coefficient (Wildman–Crippen LogP) is 2.82. The van der Waals surface area contributed by atoms with E-state index in [2.05, 4.69) is 19.9 Å². The second-order valence-corrected chi connectivity index (χ2v) is 8.98. The average Bonchev–Trinajstić information content (AvgIpc) is 3.20. The highest BCUT2D eigenvalue weighted by atomic mass is 32.1. The van der Waals surface area contributed by atoms with Crippen LogP contribution in [0.3, 0.4) is 0 Å². The van der Waals surface area contributed by atoms with Gasteiger partial charge in [0, 0.05) is 32.7 Å². The van der Waals surface area contributed by atoms with Crippen molar-refractivity contribution in [3.63, 3.8) is 0 Å². The van der Waals surface area contributed by atoms with E-state index < -0.39 is 5.82 Å². The Balaban J connectivity index is 1.69. The van der Waals surface area contributed by atoms with Gasteiger partial charge in [0.2, 0.25) is 5.95 Å². The van der Waals surface area contributed by atoms with Gasteiger partial charge >= 0.3 is 6.01 Å². The summed E-state index contributed by atoms with van der Waals surface area (Å²) in [7, 11) is 3.19. The molecule has 33 heavy (non-hydrogen) atoms. The van der Waals surface area contributed by atoms with Gasteiger partial charge in [-0.2, -0.15) is 15.0 Å². The number of nitrogens with two attached hydrogens (primary N) is 1. The van der Waals surface area contributed by atoms with E-state index >= 15 is 0 Å². The third-order valence-corrected chi connectivity index (χ3v) is 5.66. The number of hydrogen-bond donors (Lipinski definition) is 1. The first-order valence-corrected chi connectivity index (χ1v) is 11.1. The lowest BCUT2D eigenvalue weighted by atomic mass is 10.2. The number of morpholine rings is 1. The van der Waals surface area contributed by atoms with E-state index in [0.717, 1.165) is 6.07 Å². The molecule has 174 valence electrons. The number of nitrogens with zero attached hydrogens (tertiary/aromatic N) is 6. The van der Waals surface area contributed by atoms with Crippen LogP contribution in [0.4, 0.5) is 15.5 Å². The molecular formula is C21H24FN7O3S. The Morgan fingerprint density at radius 3 is 2.58 bits per heavy atom. The van der Waals surface area contributed by atoms with Crippen molar-refractivity contribution in [1.82, 2.24) is 24.8 Å². The average molecular weight is 474 g/mol. The summed E-state index contributed by atoms with van der Waals surface area (Å²) in [6.45, 7) is 5.09. The van der Waals surface area contributed by atoms with Crippen LogP contribution in [-0.2, 0) is 4.74 Å². The summed E-state index contributed by atoms with van der Waals surface area (Å²) >= 11 is 1.22. The molecule has 1 amide bonds. The molecule has 0 saturated carbocycles. The molecule has 0 radical (unpaired) electrons. The van der Waals surface area contributed by atoms with Crippen LogP contribution >= 0.6 is 11.3 Å². The van der Waals surface area contributed by atoms with Gasteiger partial charge in [-0.05, 0) is 32.0 Å². The van der Waals surface area contributed by atoms with E-state index in [1.54, 1.807) is 20.3 Å². The minimum Gasteiger partial charge on any atom is -0.421 e. The van der Waals surface area contributed by atoms with E-state index in [1.165, 1.54) is 28.4 Å². The number of hydrogen-bond acceptors (Lipinski definition) is 10. The van der Waals surface area contributed by atoms with Gasteiger partial charge in [-0.25, -0.2) is 9.37 Å². The Labute approximate surface area is 194 Å². The number of anilines is 2. The van der Waals surface area contributed by atoms with Crippen molar-refractivity contribution in [2.45, 2.75) is 26.1 Å². The molecule has 3 aromatic rings. The van der Waals surface area contributed by atoms with E-state index in [1.807, 2.05) is 18.7 Å². The number of aromatic nitrogens is 4. The Bertz CT molecular complexity index is 1160. The van der Waals surface area contributed by atoms with Crippen molar-refractivity contribution in [3.05, 3.63) is 35.8 Å². The molecule has 0 spiro atoms. The van der Waals surface area contributed by atoms with Gasteiger partial charge < -0.3 is 25.0 Å². The van der Waals surface area contributed by atoms with Crippen LogP contribution in [0, 0.1) is 5.82 Å². The summed E-state index contributed by atoms with van der Waals surface area (Å²) in [5, 5.41) is 0.371. The van der Waals surface area contributed by atoms with Crippen LogP contribution in [0.2, 0.25) is 0 Å². The van der Waals surface area contributed by atoms with Gasteiger partial charge in [-0.3, -0.25) is 4.79 Å². The SMILES string of the molecule is C[C@@H]1CN(c2nc(Oc3ccc(C(=O)N(C)C)cc3F)nc(-c3cnc(N)s3)n2)C[C@H](C)O1. The Morgan fingerprint density at radius 1 is 1.24 bits per heavy atom. The minimum atomic E-state index is -0.707. The molecule has 1 saturated heterocycles. The van der Waals surface area contributed by atoms with Crippen molar-refractivity contribution in [1.29, 1.82) is 0 Å². The molecule has 12 heteroatoms. The number of carbonyl (C=O) groups is 1. The zero-order chi connectivity index (χ0) is 23.7. The molecule has 1 fully saturated rings. The summed E-state index contributed by atoms with van der Waals surface area (Å²) in [6, 6.07) is 3.90. The fourth-order valence-corrected chi connectivity index (χ4v) is 4.07. The molecule has 0 bridgehead atoms. The van der Waals surface area contributed by atoms with Crippen molar-refractivity contribution >= 4 is 28.3 Å². The third-order valence-electron chi connectivity index (χ3n) is 4.84. The van der Waals surface area contributed by atoms with Crippen molar-refractivity contribution < 1.29 is 18.7 Å². The molecule has 2 aromatic heterocycles. The van der Waals surface area contributed by atoms with Gasteiger partial charge in [0.25, 0.3) is 5.91 Å². The monoisotopic (exact) mass is 473 g/mol. The Morgan fingerprint density at radius 2 is 1.97 bits per heavy atom. The maximum Gasteiger partial charge on any atom is 0.327 e. The summed E-state index contributed by atoms with van der Waals surface area (Å²) in [5.41, 5.74) is 5.98. The molecular weight excluding hydrogens is 449 g/mol. The standard InChI is InChI=1S/C21H24FN7O3S/c1-11-9-29(10-12(2)31-11)20-25-17(16-8-24-19(23)33-16)26-21(27-20)32-15-6-5-13(7-14(15)22)18(30)28(3)4/h5-8,11-12H,9-10H2,1-4H3,(H2,23,24)/t11-,12+. The second-order valence-electron chi connectivity index (χ2n) is 7.91. The second kappa shape index (κ2) is 9.24. The number of nitrogen functional groups attached to an aromatic ring is 1. The third kappa shape index (κ3) is 5.17. The van der Waals surface area contributed by atoms with Crippen molar-refractivity contribution in [2.75, 3.05) is 37.8 Å². The number of rotatable bonds is 5. The van der Waals surface area contributed by atoms with Gasteiger partial charge in [0.15, 0.2) is 22.5 Å². The van der Waals surface area contributed by atoms with E-state index in [-0.39, 0.29) is 35.4 Å². The van der Waals surface area contributed by atoms with Crippen molar-refractivity contribution in [2.24, 2.45) is 0 Å². The van der Waals surface area contributed by atoms with Gasteiger partial charge in [0.05, 0.1) is 23.3 Å². The largest absolute Gasteiger partial charge is 0.421 e. The van der Waals surface area contributed by atoms with Crippen LogP contribution in [0.25, 0.3) is 10.7 Å². The first-order chi connectivity index (χ1) is 15.7. The van der Waals surface area contributed by atoms with Crippen LogP contribution in [0.15, 0.2) is 24.4 Å².